The number of aryl methyl sites for hydroxylation is 2. The van der Waals surface area contributed by atoms with E-state index in [2.05, 4.69) is 73.3 Å². The summed E-state index contributed by atoms with van der Waals surface area (Å²) in [5, 5.41) is 0. The molecule has 0 amide bonds. The maximum absolute atomic E-state index is 5.80. The van der Waals surface area contributed by atoms with Crippen LogP contribution in [0.15, 0.2) is 54.6 Å². The van der Waals surface area contributed by atoms with Crippen molar-refractivity contribution in [3.05, 3.63) is 65.7 Å². The highest BCUT2D eigenvalue weighted by Crippen LogP contribution is 2.15. The Morgan fingerprint density at radius 3 is 2.50 bits per heavy atom. The van der Waals surface area contributed by atoms with E-state index in [1.807, 2.05) is 0 Å². The van der Waals surface area contributed by atoms with Crippen LogP contribution in [-0.2, 0) is 11.2 Å². The molecule has 0 aliphatic heterocycles. The molecule has 22 heavy (non-hydrogen) atoms. The van der Waals surface area contributed by atoms with Gasteiger partial charge >= 0.3 is 0 Å². The van der Waals surface area contributed by atoms with E-state index < -0.39 is 0 Å². The second-order valence-electron chi connectivity index (χ2n) is 5.62. The molecule has 0 bridgehead atoms. The third-order valence-corrected chi connectivity index (χ3v) is 3.85. The summed E-state index contributed by atoms with van der Waals surface area (Å²) in [4.78, 5) is 2.37. The van der Waals surface area contributed by atoms with Gasteiger partial charge in [0.2, 0.25) is 0 Å². The second kappa shape index (κ2) is 9.26. The van der Waals surface area contributed by atoms with Crippen molar-refractivity contribution in [1.29, 1.82) is 0 Å². The molecule has 0 saturated carbocycles. The standard InChI is InChI=1S/C20H27NO/c1-3-21(20-13-7-9-18(2)17-20)14-16-22-15-8-12-19-10-5-4-6-11-19/h4-7,9-11,13,17H,3,8,12,14-16H2,1-2H3. The largest absolute Gasteiger partial charge is 0.380 e. The molecule has 0 spiro atoms. The van der Waals surface area contributed by atoms with Crippen molar-refractivity contribution in [2.24, 2.45) is 0 Å². The second-order valence-corrected chi connectivity index (χ2v) is 5.62. The predicted octanol–water partition coefficient (Wildman–Crippen LogP) is 4.47. The van der Waals surface area contributed by atoms with Crippen LogP contribution in [0.2, 0.25) is 0 Å². The first-order chi connectivity index (χ1) is 10.8. The molecule has 0 unspecified atom stereocenters. The zero-order chi connectivity index (χ0) is 15.6. The third-order valence-electron chi connectivity index (χ3n) is 3.85. The molecule has 2 aromatic carbocycles. The van der Waals surface area contributed by atoms with Crippen molar-refractivity contribution < 1.29 is 4.74 Å². The number of hydrogen-bond acceptors (Lipinski definition) is 2. The Morgan fingerprint density at radius 2 is 1.77 bits per heavy atom. The van der Waals surface area contributed by atoms with Gasteiger partial charge in [0.1, 0.15) is 0 Å². The fraction of sp³-hybridized carbons (Fsp3) is 0.400. The Labute approximate surface area is 134 Å². The van der Waals surface area contributed by atoms with Crippen LogP contribution < -0.4 is 4.90 Å². The molecule has 0 saturated heterocycles. The molecule has 2 aromatic rings. The maximum Gasteiger partial charge on any atom is 0.0641 e. The summed E-state index contributed by atoms with van der Waals surface area (Å²) in [6, 6.07) is 19.3. The van der Waals surface area contributed by atoms with Crippen LogP contribution in [0, 0.1) is 6.92 Å². The number of hydrogen-bond donors (Lipinski definition) is 0. The van der Waals surface area contributed by atoms with Crippen LogP contribution in [0.4, 0.5) is 5.69 Å². The predicted molar refractivity (Wildman–Crippen MR) is 94.6 cm³/mol. The van der Waals surface area contributed by atoms with Gasteiger partial charge in [-0.15, -0.1) is 0 Å². The lowest BCUT2D eigenvalue weighted by Crippen LogP contribution is -2.27. The minimum atomic E-state index is 0.788. The van der Waals surface area contributed by atoms with Crippen molar-refractivity contribution in [3.8, 4) is 0 Å². The van der Waals surface area contributed by atoms with E-state index in [1.54, 1.807) is 0 Å². The summed E-state index contributed by atoms with van der Waals surface area (Å²) >= 11 is 0. The van der Waals surface area contributed by atoms with Gasteiger partial charge in [-0.3, -0.25) is 0 Å². The Bertz CT molecular complexity index is 538. The Kier molecular flexibility index (Phi) is 6.98. The van der Waals surface area contributed by atoms with Crippen LogP contribution in [0.25, 0.3) is 0 Å². The van der Waals surface area contributed by atoms with E-state index in [9.17, 15) is 0 Å². The van der Waals surface area contributed by atoms with Crippen LogP contribution in [0.1, 0.15) is 24.5 Å². The summed E-state index contributed by atoms with van der Waals surface area (Å²) < 4.78 is 5.80. The van der Waals surface area contributed by atoms with E-state index in [0.717, 1.165) is 39.1 Å². The van der Waals surface area contributed by atoms with Gasteiger partial charge < -0.3 is 9.64 Å². The first-order valence-corrected chi connectivity index (χ1v) is 8.23. The van der Waals surface area contributed by atoms with Gasteiger partial charge in [-0.2, -0.15) is 0 Å². The van der Waals surface area contributed by atoms with Crippen LogP contribution in [-0.4, -0.2) is 26.3 Å². The molecular formula is C20H27NO. The molecule has 0 aliphatic rings. The van der Waals surface area contributed by atoms with E-state index in [4.69, 9.17) is 4.74 Å². The highest BCUT2D eigenvalue weighted by molar-refractivity contribution is 5.48. The highest BCUT2D eigenvalue weighted by Gasteiger charge is 2.04. The van der Waals surface area contributed by atoms with E-state index in [0.29, 0.717) is 0 Å². The van der Waals surface area contributed by atoms with Crippen molar-refractivity contribution in [1.82, 2.24) is 0 Å². The molecule has 0 fully saturated rings. The van der Waals surface area contributed by atoms with Gasteiger partial charge in [0.05, 0.1) is 6.61 Å². The fourth-order valence-corrected chi connectivity index (χ4v) is 2.59. The number of ether oxygens (including phenoxy) is 1. The lowest BCUT2D eigenvalue weighted by atomic mass is 10.1. The van der Waals surface area contributed by atoms with Crippen molar-refractivity contribution in [2.75, 3.05) is 31.2 Å². The van der Waals surface area contributed by atoms with Gasteiger partial charge in [0.25, 0.3) is 0 Å². The molecule has 2 rings (SSSR count). The van der Waals surface area contributed by atoms with Crippen LogP contribution >= 0.6 is 0 Å². The normalized spacial score (nSPS) is 10.6. The average Bonchev–Trinajstić information content (AvgIpc) is 2.55. The molecular weight excluding hydrogens is 270 g/mol. The van der Waals surface area contributed by atoms with Gasteiger partial charge in [-0.1, -0.05) is 42.5 Å². The smallest absolute Gasteiger partial charge is 0.0641 e. The molecule has 2 heteroatoms. The molecule has 0 radical (unpaired) electrons. The first-order valence-electron chi connectivity index (χ1n) is 8.23. The molecule has 0 aromatic heterocycles. The van der Waals surface area contributed by atoms with Crippen molar-refractivity contribution in [3.63, 3.8) is 0 Å². The number of likely N-dealkylation sites (N-methyl/N-ethyl adjacent to an activating group) is 1. The Hall–Kier alpha value is -1.80. The van der Waals surface area contributed by atoms with E-state index in [1.165, 1.54) is 16.8 Å². The highest BCUT2D eigenvalue weighted by atomic mass is 16.5. The minimum absolute atomic E-state index is 0.788. The lowest BCUT2D eigenvalue weighted by Gasteiger charge is -2.23. The Balaban J connectivity index is 1.65. The van der Waals surface area contributed by atoms with E-state index in [-0.39, 0.29) is 0 Å². The number of anilines is 1. The minimum Gasteiger partial charge on any atom is -0.380 e. The molecule has 0 heterocycles. The topological polar surface area (TPSA) is 12.5 Å². The summed E-state index contributed by atoms with van der Waals surface area (Å²) in [6.07, 6.45) is 2.18. The summed E-state index contributed by atoms with van der Waals surface area (Å²) in [6.45, 7) is 7.91. The first kappa shape index (κ1) is 16.6. The number of rotatable bonds is 9. The summed E-state index contributed by atoms with van der Waals surface area (Å²) in [5.41, 5.74) is 3.98. The number of nitrogens with zero attached hydrogens (tertiary/aromatic N) is 1. The quantitative estimate of drug-likeness (QED) is 0.633. The van der Waals surface area contributed by atoms with Crippen molar-refractivity contribution >= 4 is 5.69 Å². The van der Waals surface area contributed by atoms with Gasteiger partial charge in [-0.05, 0) is 49.9 Å². The van der Waals surface area contributed by atoms with Crippen LogP contribution in [0.5, 0.6) is 0 Å². The maximum atomic E-state index is 5.80. The molecule has 0 N–H and O–H groups in total. The zero-order valence-electron chi connectivity index (χ0n) is 13.8. The van der Waals surface area contributed by atoms with Gasteiger partial charge in [0, 0.05) is 25.4 Å². The van der Waals surface area contributed by atoms with Crippen molar-refractivity contribution in [2.45, 2.75) is 26.7 Å². The molecule has 118 valence electrons. The van der Waals surface area contributed by atoms with Gasteiger partial charge in [-0.25, -0.2) is 0 Å². The number of benzene rings is 2. The third kappa shape index (κ3) is 5.53. The SMILES string of the molecule is CCN(CCOCCCc1ccccc1)c1cccc(C)c1. The average molecular weight is 297 g/mol. The monoisotopic (exact) mass is 297 g/mol. The lowest BCUT2D eigenvalue weighted by molar-refractivity contribution is 0.138. The van der Waals surface area contributed by atoms with E-state index >= 15 is 0 Å². The molecule has 0 atom stereocenters. The fourth-order valence-electron chi connectivity index (χ4n) is 2.59. The Morgan fingerprint density at radius 1 is 0.955 bits per heavy atom. The summed E-state index contributed by atoms with van der Waals surface area (Å²) in [5.74, 6) is 0. The zero-order valence-corrected chi connectivity index (χ0v) is 13.8. The molecule has 0 aliphatic carbocycles. The molecule has 2 nitrogen and oxygen atoms in total. The summed E-state index contributed by atoms with van der Waals surface area (Å²) in [7, 11) is 0. The van der Waals surface area contributed by atoms with Gasteiger partial charge in [0.15, 0.2) is 0 Å². The van der Waals surface area contributed by atoms with Crippen LogP contribution in [0.3, 0.4) is 0 Å².